The van der Waals surface area contributed by atoms with Gasteiger partial charge in [-0.05, 0) is 37.6 Å². The van der Waals surface area contributed by atoms with Crippen molar-refractivity contribution >= 4 is 17.1 Å². The van der Waals surface area contributed by atoms with Gasteiger partial charge in [0.2, 0.25) is 0 Å². The molecule has 0 radical (unpaired) electrons. The van der Waals surface area contributed by atoms with E-state index in [9.17, 15) is 9.18 Å². The van der Waals surface area contributed by atoms with Crippen LogP contribution in [0.15, 0.2) is 30.3 Å². The number of hydrogen-bond donors (Lipinski definition) is 0. The maximum absolute atomic E-state index is 12.7. The summed E-state index contributed by atoms with van der Waals surface area (Å²) in [5.74, 6) is -0.179. The van der Waals surface area contributed by atoms with Gasteiger partial charge in [0, 0.05) is 21.7 Å². The molecule has 0 spiro atoms. The molecular weight excluding hydrogens is 235 g/mol. The number of thiophene rings is 1. The number of ketones is 1. The Labute approximate surface area is 104 Å². The third kappa shape index (κ3) is 2.80. The highest BCUT2D eigenvalue weighted by atomic mass is 32.1. The molecule has 0 unspecified atom stereocenters. The quantitative estimate of drug-likeness (QED) is 0.752. The van der Waals surface area contributed by atoms with Gasteiger partial charge in [-0.1, -0.05) is 12.1 Å². The van der Waals surface area contributed by atoms with Gasteiger partial charge in [0.05, 0.1) is 0 Å². The normalized spacial score (nSPS) is 10.5. The summed E-state index contributed by atoms with van der Waals surface area (Å²) in [5, 5.41) is 0. The number of Topliss-reactive ketones (excluding diaryl/α,β-unsaturated/α-hetero) is 1. The van der Waals surface area contributed by atoms with Crippen LogP contribution in [0, 0.1) is 19.7 Å². The van der Waals surface area contributed by atoms with Crippen LogP contribution in [-0.4, -0.2) is 5.78 Å². The summed E-state index contributed by atoms with van der Waals surface area (Å²) in [6, 6.07) is 8.00. The number of carbonyl (C=O) groups is 1. The monoisotopic (exact) mass is 248 g/mol. The Balaban J connectivity index is 2.17. The molecule has 3 heteroatoms. The zero-order valence-corrected chi connectivity index (χ0v) is 10.6. The smallest absolute Gasteiger partial charge is 0.168 e. The lowest BCUT2D eigenvalue weighted by Gasteiger charge is -2.00. The van der Waals surface area contributed by atoms with Crippen molar-refractivity contribution in [1.82, 2.24) is 0 Å². The summed E-state index contributed by atoms with van der Waals surface area (Å²) < 4.78 is 12.7. The van der Waals surface area contributed by atoms with E-state index in [0.29, 0.717) is 6.42 Å². The molecule has 88 valence electrons. The summed E-state index contributed by atoms with van der Waals surface area (Å²) in [4.78, 5) is 14.2. The molecule has 1 nitrogen and oxygen atoms in total. The SMILES string of the molecule is Cc1cc(C(=O)Cc2ccc(F)cc2)c(C)s1. The van der Waals surface area contributed by atoms with E-state index < -0.39 is 0 Å². The number of rotatable bonds is 3. The maximum atomic E-state index is 12.7. The number of hydrogen-bond acceptors (Lipinski definition) is 2. The second-order valence-corrected chi connectivity index (χ2v) is 5.51. The van der Waals surface area contributed by atoms with Gasteiger partial charge in [0.25, 0.3) is 0 Å². The third-order valence-corrected chi connectivity index (χ3v) is 3.59. The van der Waals surface area contributed by atoms with Gasteiger partial charge in [-0.25, -0.2) is 4.39 Å². The summed E-state index contributed by atoms with van der Waals surface area (Å²) in [6.07, 6.45) is 0.331. The highest BCUT2D eigenvalue weighted by Gasteiger charge is 2.12. The molecule has 0 amide bonds. The molecule has 0 aliphatic rings. The van der Waals surface area contributed by atoms with Crippen molar-refractivity contribution < 1.29 is 9.18 Å². The minimum absolute atomic E-state index is 0.0958. The van der Waals surface area contributed by atoms with Gasteiger partial charge in [-0.2, -0.15) is 0 Å². The van der Waals surface area contributed by atoms with Crippen LogP contribution in [-0.2, 0) is 6.42 Å². The lowest BCUT2D eigenvalue weighted by Crippen LogP contribution is -2.03. The first-order chi connectivity index (χ1) is 8.06. The largest absolute Gasteiger partial charge is 0.294 e. The molecule has 1 aromatic heterocycles. The van der Waals surface area contributed by atoms with Crippen LogP contribution in [0.2, 0.25) is 0 Å². The van der Waals surface area contributed by atoms with E-state index in [1.165, 1.54) is 12.1 Å². The first-order valence-electron chi connectivity index (χ1n) is 5.41. The Kier molecular flexibility index (Phi) is 3.38. The second kappa shape index (κ2) is 4.80. The lowest BCUT2D eigenvalue weighted by molar-refractivity contribution is 0.0993. The van der Waals surface area contributed by atoms with E-state index in [1.54, 1.807) is 23.5 Å². The van der Waals surface area contributed by atoms with Crippen LogP contribution in [0.3, 0.4) is 0 Å². The molecule has 1 heterocycles. The van der Waals surface area contributed by atoms with Crippen molar-refractivity contribution in [3.05, 3.63) is 57.0 Å². The van der Waals surface area contributed by atoms with Crippen LogP contribution in [0.1, 0.15) is 25.7 Å². The average Bonchev–Trinajstić information content (AvgIpc) is 2.61. The molecule has 1 aromatic carbocycles. The van der Waals surface area contributed by atoms with Gasteiger partial charge < -0.3 is 0 Å². The molecule has 0 saturated heterocycles. The molecule has 17 heavy (non-hydrogen) atoms. The molecule has 0 aliphatic carbocycles. The lowest BCUT2D eigenvalue weighted by atomic mass is 10.0. The Morgan fingerprint density at radius 2 is 1.88 bits per heavy atom. The fourth-order valence-corrected chi connectivity index (χ4v) is 2.73. The van der Waals surface area contributed by atoms with Crippen molar-refractivity contribution in [2.45, 2.75) is 20.3 Å². The Morgan fingerprint density at radius 1 is 1.24 bits per heavy atom. The fraction of sp³-hybridized carbons (Fsp3) is 0.214. The molecule has 2 rings (SSSR count). The van der Waals surface area contributed by atoms with Crippen molar-refractivity contribution in [3.8, 4) is 0 Å². The molecule has 0 N–H and O–H groups in total. The average molecular weight is 248 g/mol. The molecule has 0 fully saturated rings. The van der Waals surface area contributed by atoms with E-state index in [1.807, 2.05) is 19.9 Å². The summed E-state index contributed by atoms with van der Waals surface area (Å²) in [7, 11) is 0. The van der Waals surface area contributed by atoms with E-state index >= 15 is 0 Å². The topological polar surface area (TPSA) is 17.1 Å². The second-order valence-electron chi connectivity index (χ2n) is 4.05. The van der Waals surface area contributed by atoms with Crippen molar-refractivity contribution in [1.29, 1.82) is 0 Å². The first-order valence-corrected chi connectivity index (χ1v) is 6.22. The van der Waals surface area contributed by atoms with Gasteiger partial charge in [-0.15, -0.1) is 11.3 Å². The minimum atomic E-state index is -0.274. The van der Waals surface area contributed by atoms with E-state index in [0.717, 1.165) is 20.9 Å². The number of carbonyl (C=O) groups excluding carboxylic acids is 1. The third-order valence-electron chi connectivity index (χ3n) is 2.62. The molecule has 2 aromatic rings. The Bertz CT molecular complexity index is 540. The predicted octanol–water partition coefficient (Wildman–Crippen LogP) is 3.93. The van der Waals surface area contributed by atoms with Gasteiger partial charge in [0.1, 0.15) is 5.82 Å². The van der Waals surface area contributed by atoms with Crippen LogP contribution in [0.4, 0.5) is 4.39 Å². The number of aryl methyl sites for hydroxylation is 2. The standard InChI is InChI=1S/C14H13FOS/c1-9-7-13(10(2)17-9)14(16)8-11-3-5-12(15)6-4-11/h3-7H,8H2,1-2H3. The fourth-order valence-electron chi connectivity index (χ4n) is 1.79. The highest BCUT2D eigenvalue weighted by Crippen LogP contribution is 2.22. The van der Waals surface area contributed by atoms with E-state index in [-0.39, 0.29) is 11.6 Å². The molecule has 0 saturated carbocycles. The minimum Gasteiger partial charge on any atom is -0.294 e. The molecular formula is C14H13FOS. The van der Waals surface area contributed by atoms with Crippen LogP contribution in [0.25, 0.3) is 0 Å². The maximum Gasteiger partial charge on any atom is 0.168 e. The highest BCUT2D eigenvalue weighted by molar-refractivity contribution is 7.12. The van der Waals surface area contributed by atoms with Crippen LogP contribution < -0.4 is 0 Å². The van der Waals surface area contributed by atoms with Crippen molar-refractivity contribution in [3.63, 3.8) is 0 Å². The zero-order chi connectivity index (χ0) is 12.4. The van der Waals surface area contributed by atoms with Crippen molar-refractivity contribution in [2.75, 3.05) is 0 Å². The molecule has 0 atom stereocenters. The van der Waals surface area contributed by atoms with Gasteiger partial charge >= 0.3 is 0 Å². The Hall–Kier alpha value is -1.48. The number of benzene rings is 1. The van der Waals surface area contributed by atoms with Crippen molar-refractivity contribution in [2.24, 2.45) is 0 Å². The zero-order valence-electron chi connectivity index (χ0n) is 9.79. The van der Waals surface area contributed by atoms with E-state index in [4.69, 9.17) is 0 Å². The summed E-state index contributed by atoms with van der Waals surface area (Å²) in [5.41, 5.74) is 1.64. The van der Waals surface area contributed by atoms with Crippen LogP contribution >= 0.6 is 11.3 Å². The van der Waals surface area contributed by atoms with Gasteiger partial charge in [0.15, 0.2) is 5.78 Å². The predicted molar refractivity (Wildman–Crippen MR) is 68.2 cm³/mol. The van der Waals surface area contributed by atoms with Gasteiger partial charge in [-0.3, -0.25) is 4.79 Å². The number of halogens is 1. The van der Waals surface area contributed by atoms with E-state index in [2.05, 4.69) is 0 Å². The Morgan fingerprint density at radius 3 is 2.41 bits per heavy atom. The summed E-state index contributed by atoms with van der Waals surface area (Å²) >= 11 is 1.63. The molecule has 0 aliphatic heterocycles. The first kappa shape index (κ1) is 12.0. The molecule has 0 bridgehead atoms. The summed E-state index contributed by atoms with van der Waals surface area (Å²) in [6.45, 7) is 3.95. The van der Waals surface area contributed by atoms with Crippen LogP contribution in [0.5, 0.6) is 0 Å².